The zero-order valence-electron chi connectivity index (χ0n) is 15.7. The number of nitrogens with zero attached hydrogens (tertiary/aromatic N) is 3. The molecule has 0 radical (unpaired) electrons. The van der Waals surface area contributed by atoms with Gasteiger partial charge in [-0.05, 0) is 57.9 Å². The van der Waals surface area contributed by atoms with Crippen LogP contribution in [0.1, 0.15) is 53.1 Å². The maximum Gasteiger partial charge on any atom is 0.253 e. The van der Waals surface area contributed by atoms with Crippen LogP contribution in [0.4, 0.5) is 0 Å². The van der Waals surface area contributed by atoms with Crippen molar-refractivity contribution in [1.82, 2.24) is 19.8 Å². The van der Waals surface area contributed by atoms with Gasteiger partial charge in [-0.15, -0.1) is 0 Å². The van der Waals surface area contributed by atoms with Gasteiger partial charge < -0.3 is 9.88 Å². The highest BCUT2D eigenvalue weighted by Gasteiger charge is 2.36. The summed E-state index contributed by atoms with van der Waals surface area (Å²) in [5.41, 5.74) is 3.93. The Morgan fingerprint density at radius 1 is 1.23 bits per heavy atom. The molecule has 26 heavy (non-hydrogen) atoms. The number of aryl methyl sites for hydroxylation is 1. The predicted octanol–water partition coefficient (Wildman–Crippen LogP) is 2.90. The largest absolute Gasteiger partial charge is 0.348 e. The summed E-state index contributed by atoms with van der Waals surface area (Å²) < 4.78 is 2.18. The van der Waals surface area contributed by atoms with E-state index in [9.17, 15) is 4.79 Å². The lowest BCUT2D eigenvalue weighted by molar-refractivity contribution is 0.0914. The normalized spacial score (nSPS) is 23.0. The summed E-state index contributed by atoms with van der Waals surface area (Å²) in [6, 6.07) is 8.79. The molecule has 2 unspecified atom stereocenters. The third-order valence-electron chi connectivity index (χ3n) is 6.04. The van der Waals surface area contributed by atoms with E-state index >= 15 is 0 Å². The van der Waals surface area contributed by atoms with Gasteiger partial charge in [0.05, 0.1) is 17.8 Å². The van der Waals surface area contributed by atoms with Gasteiger partial charge in [-0.25, -0.2) is 0 Å². The van der Waals surface area contributed by atoms with E-state index in [-0.39, 0.29) is 5.91 Å². The molecule has 2 aromatic rings. The molecule has 0 bridgehead atoms. The molecule has 2 atom stereocenters. The molecule has 0 aliphatic carbocycles. The van der Waals surface area contributed by atoms with Crippen molar-refractivity contribution in [2.24, 2.45) is 0 Å². The Kier molecular flexibility index (Phi) is 4.81. The summed E-state index contributed by atoms with van der Waals surface area (Å²) >= 11 is 0. The summed E-state index contributed by atoms with van der Waals surface area (Å²) in [7, 11) is 0. The lowest BCUT2D eigenvalue weighted by Gasteiger charge is -2.32. The number of piperidine rings is 1. The van der Waals surface area contributed by atoms with E-state index in [0.717, 1.165) is 35.6 Å². The maximum atomic E-state index is 13.0. The Hall–Kier alpha value is -2.14. The fraction of sp³-hybridized carbons (Fsp3) is 0.524. The molecule has 2 aliphatic heterocycles. The number of nitrogens with one attached hydrogen (secondary N) is 1. The molecular formula is C21H28N4O. The Balaban J connectivity index is 1.49. The van der Waals surface area contributed by atoms with E-state index < -0.39 is 0 Å². The summed E-state index contributed by atoms with van der Waals surface area (Å²) in [5.74, 6) is 0.0720. The second-order valence-electron chi connectivity index (χ2n) is 7.66. The van der Waals surface area contributed by atoms with E-state index in [1.54, 1.807) is 0 Å². The number of hydrogen-bond acceptors (Lipinski definition) is 3. The molecule has 4 heterocycles. The highest BCUT2D eigenvalue weighted by Crippen LogP contribution is 2.27. The third kappa shape index (κ3) is 3.28. The topological polar surface area (TPSA) is 50.2 Å². The first-order valence-electron chi connectivity index (χ1n) is 9.75. The fourth-order valence-electron chi connectivity index (χ4n) is 4.59. The number of fused-ring (bicyclic) bond motifs is 1. The quantitative estimate of drug-likeness (QED) is 0.920. The van der Waals surface area contributed by atoms with Gasteiger partial charge in [0.25, 0.3) is 5.91 Å². The number of pyridine rings is 1. The standard InChI is InChI=1S/C21H28N4O/c1-15-13-18(16(2)25(15)14-17-7-3-5-10-22-17)21(26)23-19-9-12-24-11-6-4-8-20(19)24/h3,5,7,10,13,19-20H,4,6,8-9,11-12,14H2,1-2H3,(H,23,26). The number of carbonyl (C=O) groups is 1. The minimum Gasteiger partial charge on any atom is -0.348 e. The van der Waals surface area contributed by atoms with Crippen molar-refractivity contribution in [3.05, 3.63) is 53.1 Å². The molecule has 2 aliphatic rings. The van der Waals surface area contributed by atoms with Crippen molar-refractivity contribution >= 4 is 5.91 Å². The van der Waals surface area contributed by atoms with Crippen molar-refractivity contribution in [3.63, 3.8) is 0 Å². The number of hydrogen-bond donors (Lipinski definition) is 1. The minimum atomic E-state index is 0.0720. The molecule has 5 heteroatoms. The second-order valence-corrected chi connectivity index (χ2v) is 7.66. The van der Waals surface area contributed by atoms with Crippen LogP contribution in [0.25, 0.3) is 0 Å². The van der Waals surface area contributed by atoms with Crippen LogP contribution in [0.15, 0.2) is 30.5 Å². The van der Waals surface area contributed by atoms with Gasteiger partial charge in [0, 0.05) is 36.2 Å². The van der Waals surface area contributed by atoms with Crippen LogP contribution in [0.2, 0.25) is 0 Å². The summed E-state index contributed by atoms with van der Waals surface area (Å²) in [5, 5.41) is 3.33. The van der Waals surface area contributed by atoms with Crippen molar-refractivity contribution in [1.29, 1.82) is 0 Å². The van der Waals surface area contributed by atoms with E-state index in [1.165, 1.54) is 25.8 Å². The van der Waals surface area contributed by atoms with Gasteiger partial charge >= 0.3 is 0 Å². The number of amides is 1. The molecule has 5 nitrogen and oxygen atoms in total. The first kappa shape index (κ1) is 17.3. The first-order chi connectivity index (χ1) is 12.6. The maximum absolute atomic E-state index is 13.0. The van der Waals surface area contributed by atoms with E-state index in [2.05, 4.69) is 26.7 Å². The van der Waals surface area contributed by atoms with Crippen LogP contribution in [0.5, 0.6) is 0 Å². The molecule has 1 N–H and O–H groups in total. The van der Waals surface area contributed by atoms with Crippen LogP contribution < -0.4 is 5.32 Å². The van der Waals surface area contributed by atoms with Gasteiger partial charge in [-0.2, -0.15) is 0 Å². The molecule has 1 amide bonds. The number of rotatable bonds is 4. The van der Waals surface area contributed by atoms with Crippen molar-refractivity contribution in [3.8, 4) is 0 Å². The second kappa shape index (κ2) is 7.23. The summed E-state index contributed by atoms with van der Waals surface area (Å²) in [6.07, 6.45) is 6.68. The smallest absolute Gasteiger partial charge is 0.253 e. The first-order valence-corrected chi connectivity index (χ1v) is 9.75. The SMILES string of the molecule is Cc1cc(C(=O)NC2CCN3CCCCC23)c(C)n1Cc1ccccn1. The van der Waals surface area contributed by atoms with Crippen LogP contribution >= 0.6 is 0 Å². The number of carbonyl (C=O) groups excluding carboxylic acids is 1. The van der Waals surface area contributed by atoms with Crippen molar-refractivity contribution in [2.45, 2.75) is 58.2 Å². The van der Waals surface area contributed by atoms with E-state index in [0.29, 0.717) is 18.6 Å². The monoisotopic (exact) mass is 352 g/mol. The van der Waals surface area contributed by atoms with Gasteiger partial charge in [0.2, 0.25) is 0 Å². The number of aromatic nitrogens is 2. The Labute approximate surface area is 155 Å². The molecule has 2 aromatic heterocycles. The molecule has 0 saturated carbocycles. The van der Waals surface area contributed by atoms with Crippen molar-refractivity contribution < 1.29 is 4.79 Å². The predicted molar refractivity (Wildman–Crippen MR) is 102 cm³/mol. The molecule has 0 aromatic carbocycles. The highest BCUT2D eigenvalue weighted by molar-refractivity contribution is 5.96. The molecule has 138 valence electrons. The highest BCUT2D eigenvalue weighted by atomic mass is 16.1. The van der Waals surface area contributed by atoms with E-state index in [4.69, 9.17) is 0 Å². The Morgan fingerprint density at radius 2 is 2.12 bits per heavy atom. The average Bonchev–Trinajstić information content (AvgIpc) is 3.19. The summed E-state index contributed by atoms with van der Waals surface area (Å²) in [4.78, 5) is 19.9. The van der Waals surface area contributed by atoms with Crippen LogP contribution in [0, 0.1) is 13.8 Å². The average molecular weight is 352 g/mol. The summed E-state index contributed by atoms with van der Waals surface area (Å²) in [6.45, 7) is 7.10. The molecule has 2 saturated heterocycles. The van der Waals surface area contributed by atoms with Crippen LogP contribution in [-0.4, -0.2) is 45.5 Å². The van der Waals surface area contributed by atoms with Crippen LogP contribution in [0.3, 0.4) is 0 Å². The zero-order chi connectivity index (χ0) is 18.1. The molecular weight excluding hydrogens is 324 g/mol. The van der Waals surface area contributed by atoms with Crippen molar-refractivity contribution in [2.75, 3.05) is 13.1 Å². The minimum absolute atomic E-state index is 0.0720. The Bertz CT molecular complexity index is 783. The van der Waals surface area contributed by atoms with Gasteiger partial charge in [0.15, 0.2) is 0 Å². The van der Waals surface area contributed by atoms with Gasteiger partial charge in [-0.3, -0.25) is 14.7 Å². The van der Waals surface area contributed by atoms with Gasteiger partial charge in [0.1, 0.15) is 0 Å². The van der Waals surface area contributed by atoms with Gasteiger partial charge in [-0.1, -0.05) is 12.5 Å². The molecule has 0 spiro atoms. The molecule has 4 rings (SSSR count). The lowest BCUT2D eigenvalue weighted by Crippen LogP contribution is -2.46. The third-order valence-corrected chi connectivity index (χ3v) is 6.04. The lowest BCUT2D eigenvalue weighted by atomic mass is 9.99. The van der Waals surface area contributed by atoms with E-state index in [1.807, 2.05) is 37.4 Å². The molecule has 2 fully saturated rings. The fourth-order valence-corrected chi connectivity index (χ4v) is 4.59. The zero-order valence-corrected chi connectivity index (χ0v) is 15.7. The Morgan fingerprint density at radius 3 is 2.92 bits per heavy atom. The van der Waals surface area contributed by atoms with Crippen LogP contribution in [-0.2, 0) is 6.54 Å².